The van der Waals surface area contributed by atoms with Gasteiger partial charge in [0.1, 0.15) is 23.8 Å². The SMILES string of the molecule is Cc1[nH]nc2c(F)cc(C(=O)Nc3ccc4nc(CN5CC=C(c6cccc(OCc7ccc(Cl)cc7F)n6)CC5)n(CC5CCO5)c4c3)cc12. The number of amides is 1. The van der Waals surface area contributed by atoms with E-state index >= 15 is 0 Å². The number of hydrogen-bond donors (Lipinski definition) is 2. The predicted octanol–water partition coefficient (Wildman–Crippen LogP) is 7.46. The lowest BCUT2D eigenvalue weighted by Crippen LogP contribution is -2.33. The van der Waals surface area contributed by atoms with E-state index < -0.39 is 17.5 Å². The van der Waals surface area contributed by atoms with Crippen molar-refractivity contribution in [2.75, 3.05) is 25.0 Å². The fourth-order valence-electron chi connectivity index (χ4n) is 6.49. The summed E-state index contributed by atoms with van der Waals surface area (Å²) in [6.07, 6.45) is 4.03. The Bertz CT molecular complexity index is 2320. The molecule has 0 aliphatic carbocycles. The number of fused-ring (bicyclic) bond motifs is 2. The summed E-state index contributed by atoms with van der Waals surface area (Å²) in [5, 5.41) is 10.6. The topological polar surface area (TPSA) is 110 Å². The Morgan fingerprint density at radius 2 is 1.98 bits per heavy atom. The zero-order valence-corrected chi connectivity index (χ0v) is 28.5. The highest BCUT2D eigenvalue weighted by Gasteiger charge is 2.24. The molecular weight excluding hydrogens is 676 g/mol. The first kappa shape index (κ1) is 33.0. The van der Waals surface area contributed by atoms with Crippen LogP contribution in [0.5, 0.6) is 5.88 Å². The number of benzene rings is 3. The highest BCUT2D eigenvalue weighted by Crippen LogP contribution is 2.28. The molecule has 8 rings (SSSR count). The first-order valence-corrected chi connectivity index (χ1v) is 17.2. The molecule has 0 spiro atoms. The summed E-state index contributed by atoms with van der Waals surface area (Å²) in [7, 11) is 0. The molecule has 10 nitrogen and oxygen atoms in total. The number of pyridine rings is 1. The number of aromatic amines is 1. The van der Waals surface area contributed by atoms with Crippen molar-refractivity contribution in [1.29, 1.82) is 0 Å². The summed E-state index contributed by atoms with van der Waals surface area (Å²) in [4.78, 5) is 25.3. The van der Waals surface area contributed by atoms with Crippen LogP contribution in [-0.4, -0.2) is 61.3 Å². The highest BCUT2D eigenvalue weighted by atomic mass is 35.5. The van der Waals surface area contributed by atoms with Crippen LogP contribution in [-0.2, 0) is 24.4 Å². The lowest BCUT2D eigenvalue weighted by Gasteiger charge is -2.29. The molecular formula is C38H34ClF2N7O3. The van der Waals surface area contributed by atoms with Gasteiger partial charge in [-0.3, -0.25) is 14.8 Å². The molecule has 2 aliphatic heterocycles. The second-order valence-electron chi connectivity index (χ2n) is 12.9. The van der Waals surface area contributed by atoms with Gasteiger partial charge in [0, 0.05) is 58.7 Å². The first-order chi connectivity index (χ1) is 24.8. The molecule has 3 aromatic heterocycles. The van der Waals surface area contributed by atoms with Crippen LogP contribution in [0.1, 0.15) is 46.0 Å². The van der Waals surface area contributed by atoms with Crippen molar-refractivity contribution in [3.05, 3.63) is 118 Å². The van der Waals surface area contributed by atoms with Crippen molar-refractivity contribution in [3.8, 4) is 5.88 Å². The van der Waals surface area contributed by atoms with Gasteiger partial charge in [-0.25, -0.2) is 18.7 Å². The number of halogens is 3. The summed E-state index contributed by atoms with van der Waals surface area (Å²) in [6, 6.07) is 18.6. The van der Waals surface area contributed by atoms with Crippen molar-refractivity contribution >= 4 is 50.7 Å². The van der Waals surface area contributed by atoms with Gasteiger partial charge in [-0.2, -0.15) is 5.10 Å². The maximum atomic E-state index is 14.7. The van der Waals surface area contributed by atoms with Crippen molar-refractivity contribution in [1.82, 2.24) is 29.6 Å². The molecule has 51 heavy (non-hydrogen) atoms. The van der Waals surface area contributed by atoms with Gasteiger partial charge < -0.3 is 19.4 Å². The van der Waals surface area contributed by atoms with Crippen molar-refractivity contribution < 1.29 is 23.0 Å². The molecule has 1 atom stereocenters. The number of aromatic nitrogens is 5. The summed E-state index contributed by atoms with van der Waals surface area (Å²) < 4.78 is 42.7. The predicted molar refractivity (Wildman–Crippen MR) is 191 cm³/mol. The third-order valence-electron chi connectivity index (χ3n) is 9.43. The van der Waals surface area contributed by atoms with Crippen LogP contribution in [0.3, 0.4) is 0 Å². The summed E-state index contributed by atoms with van der Waals surface area (Å²) >= 11 is 5.87. The molecule has 1 saturated heterocycles. The lowest BCUT2D eigenvalue weighted by atomic mass is 10.0. The monoisotopic (exact) mass is 709 g/mol. The largest absolute Gasteiger partial charge is 0.473 e. The van der Waals surface area contributed by atoms with Gasteiger partial charge in [0.15, 0.2) is 5.82 Å². The number of carbonyl (C=O) groups is 1. The fraction of sp³-hybridized carbons (Fsp3) is 0.263. The van der Waals surface area contributed by atoms with E-state index in [0.717, 1.165) is 54.1 Å². The van der Waals surface area contributed by atoms with Gasteiger partial charge in [0.2, 0.25) is 5.88 Å². The van der Waals surface area contributed by atoms with Crippen LogP contribution in [0, 0.1) is 18.6 Å². The lowest BCUT2D eigenvalue weighted by molar-refractivity contribution is -0.0591. The Balaban J connectivity index is 0.972. The molecule has 3 aromatic carbocycles. The Morgan fingerprint density at radius 1 is 1.10 bits per heavy atom. The van der Waals surface area contributed by atoms with Crippen LogP contribution in [0.25, 0.3) is 27.5 Å². The van der Waals surface area contributed by atoms with Crippen LogP contribution in [0.2, 0.25) is 5.02 Å². The Hall–Kier alpha value is -5.17. The summed E-state index contributed by atoms with van der Waals surface area (Å²) in [5.74, 6) is -0.0486. The maximum absolute atomic E-state index is 14.7. The third kappa shape index (κ3) is 6.94. The molecule has 0 saturated carbocycles. The second-order valence-corrected chi connectivity index (χ2v) is 13.3. The third-order valence-corrected chi connectivity index (χ3v) is 9.67. The molecule has 1 amide bonds. The standard InChI is InChI=1S/C38H34ClF2N7O3/c1-22-29-15-25(16-31(41)37(29)46-45-22)38(49)42-27-7-8-33-34(18-27)48(19-28-11-14-50-28)35(43-33)20-47-12-9-23(10-13-47)32-3-2-4-36(44-32)51-21-24-5-6-26(39)17-30(24)40/h2-9,15-18,28H,10-14,19-21H2,1H3,(H,42,49)(H,45,46). The molecule has 2 aliphatic rings. The van der Waals surface area contributed by atoms with E-state index in [2.05, 4.69) is 36.0 Å². The summed E-state index contributed by atoms with van der Waals surface area (Å²) in [6.45, 7) is 5.36. The number of nitrogens with one attached hydrogen (secondary N) is 2. The molecule has 2 N–H and O–H groups in total. The van der Waals surface area contributed by atoms with E-state index in [9.17, 15) is 13.6 Å². The van der Waals surface area contributed by atoms with Crippen LogP contribution in [0.15, 0.2) is 72.8 Å². The number of rotatable bonds is 10. The number of imidazole rings is 1. The number of carbonyl (C=O) groups excluding carboxylic acids is 1. The first-order valence-electron chi connectivity index (χ1n) is 16.8. The quantitative estimate of drug-likeness (QED) is 0.152. The van der Waals surface area contributed by atoms with E-state index in [1.165, 1.54) is 12.1 Å². The van der Waals surface area contributed by atoms with Gasteiger partial charge >= 0.3 is 0 Å². The molecule has 0 bridgehead atoms. The Kier molecular flexibility index (Phi) is 8.97. The van der Waals surface area contributed by atoms with Crippen LogP contribution >= 0.6 is 11.6 Å². The minimum Gasteiger partial charge on any atom is -0.473 e. The normalized spacial score (nSPS) is 16.3. The second kappa shape index (κ2) is 13.9. The number of hydrogen-bond acceptors (Lipinski definition) is 7. The molecule has 1 unspecified atom stereocenters. The van der Waals surface area contributed by atoms with Gasteiger partial charge in [-0.1, -0.05) is 29.8 Å². The van der Waals surface area contributed by atoms with Crippen LogP contribution < -0.4 is 10.1 Å². The zero-order valence-electron chi connectivity index (χ0n) is 27.8. The van der Waals surface area contributed by atoms with Crippen molar-refractivity contribution in [3.63, 3.8) is 0 Å². The van der Waals surface area contributed by atoms with E-state index in [1.807, 2.05) is 30.3 Å². The average molecular weight is 710 g/mol. The van der Waals surface area contributed by atoms with Gasteiger partial charge in [0.25, 0.3) is 5.91 Å². The number of nitrogens with zero attached hydrogens (tertiary/aromatic N) is 5. The van der Waals surface area contributed by atoms with E-state index in [-0.39, 0.29) is 23.8 Å². The molecule has 13 heteroatoms. The molecule has 1 fully saturated rings. The zero-order chi connectivity index (χ0) is 35.1. The minimum atomic E-state index is -0.554. The number of anilines is 1. The molecule has 5 heterocycles. The molecule has 260 valence electrons. The summed E-state index contributed by atoms with van der Waals surface area (Å²) in [5.41, 5.74) is 5.75. The highest BCUT2D eigenvalue weighted by molar-refractivity contribution is 6.30. The minimum absolute atomic E-state index is 0.0506. The molecule has 6 aromatic rings. The smallest absolute Gasteiger partial charge is 0.255 e. The van der Waals surface area contributed by atoms with Crippen molar-refractivity contribution in [2.24, 2.45) is 0 Å². The van der Waals surface area contributed by atoms with Gasteiger partial charge in [0.05, 0.1) is 35.9 Å². The number of ether oxygens (including phenoxy) is 2. The van der Waals surface area contributed by atoms with E-state index in [0.29, 0.717) is 52.9 Å². The average Bonchev–Trinajstić information content (AvgIpc) is 3.65. The Morgan fingerprint density at radius 3 is 2.76 bits per heavy atom. The van der Waals surface area contributed by atoms with Crippen LogP contribution in [0.4, 0.5) is 14.5 Å². The van der Waals surface area contributed by atoms with E-state index in [1.54, 1.807) is 31.2 Å². The van der Waals surface area contributed by atoms with Gasteiger partial charge in [-0.05, 0) is 73.9 Å². The van der Waals surface area contributed by atoms with E-state index in [4.69, 9.17) is 26.1 Å². The number of H-pyrrole nitrogens is 1. The number of aryl methyl sites for hydroxylation is 1. The Labute approximate surface area is 297 Å². The molecule has 0 radical (unpaired) electrons. The van der Waals surface area contributed by atoms with Crippen molar-refractivity contribution in [2.45, 2.75) is 45.6 Å². The maximum Gasteiger partial charge on any atom is 0.255 e. The fourth-order valence-corrected chi connectivity index (χ4v) is 6.65. The van der Waals surface area contributed by atoms with Gasteiger partial charge in [-0.15, -0.1) is 0 Å².